The molecule has 0 aliphatic rings. The van der Waals surface area contributed by atoms with Crippen molar-refractivity contribution in [3.63, 3.8) is 0 Å². The van der Waals surface area contributed by atoms with Crippen molar-refractivity contribution in [2.75, 3.05) is 11.9 Å². The molecule has 2 aromatic carbocycles. The highest BCUT2D eigenvalue weighted by Gasteiger charge is 2.21. The molecule has 0 saturated carbocycles. The molecule has 0 atom stereocenters. The maximum absolute atomic E-state index is 4.76. The minimum absolute atomic E-state index is 0.0312. The predicted molar refractivity (Wildman–Crippen MR) is 101 cm³/mol. The molecule has 2 aromatic heterocycles. The molecule has 0 fully saturated rings. The Balaban J connectivity index is 1.73. The van der Waals surface area contributed by atoms with Gasteiger partial charge in [0.2, 0.25) is 5.95 Å². The van der Waals surface area contributed by atoms with Crippen molar-refractivity contribution in [3.05, 3.63) is 66.0 Å². The van der Waals surface area contributed by atoms with E-state index in [1.807, 2.05) is 37.3 Å². The van der Waals surface area contributed by atoms with Gasteiger partial charge < -0.3 is 5.32 Å². The lowest BCUT2D eigenvalue weighted by Gasteiger charge is -2.26. The maximum Gasteiger partial charge on any atom is 0.226 e. The Kier molecular flexibility index (Phi) is 3.64. The number of para-hydroxylation sites is 1. The van der Waals surface area contributed by atoms with Gasteiger partial charge in [0, 0.05) is 17.3 Å². The molecule has 0 bridgehead atoms. The summed E-state index contributed by atoms with van der Waals surface area (Å²) in [7, 11) is 0. The standard InChI is InChI=1S/C20H21N5/c1-14-22-18-16-11-7-8-12-17(16)23-19(25(18)24-14)21-13-20(2,3)15-9-5-4-6-10-15/h4-12H,13H2,1-3H3,(H,21,23). The third-order valence-electron chi connectivity index (χ3n) is 4.53. The van der Waals surface area contributed by atoms with Crippen LogP contribution in [-0.4, -0.2) is 26.1 Å². The number of nitrogens with zero attached hydrogens (tertiary/aromatic N) is 4. The summed E-state index contributed by atoms with van der Waals surface area (Å²) in [5, 5.41) is 9.01. The molecule has 0 unspecified atom stereocenters. The van der Waals surface area contributed by atoms with Gasteiger partial charge in [-0.15, -0.1) is 5.10 Å². The molecular weight excluding hydrogens is 310 g/mol. The molecule has 126 valence electrons. The first-order chi connectivity index (χ1) is 12.0. The average molecular weight is 331 g/mol. The molecule has 4 aromatic rings. The van der Waals surface area contributed by atoms with E-state index in [2.05, 4.69) is 53.5 Å². The first kappa shape index (κ1) is 15.6. The molecule has 4 rings (SSSR count). The number of aromatic nitrogens is 4. The van der Waals surface area contributed by atoms with Gasteiger partial charge in [0.1, 0.15) is 5.82 Å². The maximum atomic E-state index is 4.76. The van der Waals surface area contributed by atoms with Crippen molar-refractivity contribution in [1.82, 2.24) is 19.6 Å². The lowest BCUT2D eigenvalue weighted by Crippen LogP contribution is -2.28. The van der Waals surface area contributed by atoms with Crippen LogP contribution in [0, 0.1) is 6.92 Å². The largest absolute Gasteiger partial charge is 0.353 e. The van der Waals surface area contributed by atoms with Gasteiger partial charge in [0.15, 0.2) is 5.65 Å². The fourth-order valence-corrected chi connectivity index (χ4v) is 3.06. The smallest absolute Gasteiger partial charge is 0.226 e. The van der Waals surface area contributed by atoms with Crippen LogP contribution in [0.4, 0.5) is 5.95 Å². The van der Waals surface area contributed by atoms with Gasteiger partial charge in [-0.3, -0.25) is 0 Å². The van der Waals surface area contributed by atoms with Crippen LogP contribution >= 0.6 is 0 Å². The Morgan fingerprint density at radius 2 is 1.68 bits per heavy atom. The van der Waals surface area contributed by atoms with Crippen LogP contribution in [0.1, 0.15) is 25.2 Å². The van der Waals surface area contributed by atoms with Crippen molar-refractivity contribution < 1.29 is 0 Å². The minimum Gasteiger partial charge on any atom is -0.353 e. The van der Waals surface area contributed by atoms with Crippen molar-refractivity contribution in [3.8, 4) is 0 Å². The third kappa shape index (κ3) is 2.82. The Morgan fingerprint density at radius 3 is 2.48 bits per heavy atom. The number of anilines is 1. The Morgan fingerprint density at radius 1 is 0.960 bits per heavy atom. The van der Waals surface area contributed by atoms with Gasteiger partial charge in [-0.05, 0) is 24.6 Å². The van der Waals surface area contributed by atoms with E-state index in [9.17, 15) is 0 Å². The van der Waals surface area contributed by atoms with E-state index in [0.717, 1.165) is 34.9 Å². The van der Waals surface area contributed by atoms with Crippen molar-refractivity contribution in [2.24, 2.45) is 0 Å². The van der Waals surface area contributed by atoms with Gasteiger partial charge >= 0.3 is 0 Å². The van der Waals surface area contributed by atoms with Crippen molar-refractivity contribution in [2.45, 2.75) is 26.2 Å². The molecule has 5 heteroatoms. The summed E-state index contributed by atoms with van der Waals surface area (Å²) in [6.07, 6.45) is 0. The SMILES string of the molecule is Cc1nc2c3ccccc3nc(NCC(C)(C)c3ccccc3)n2n1. The molecule has 5 nitrogen and oxygen atoms in total. The summed E-state index contributed by atoms with van der Waals surface area (Å²) in [6.45, 7) is 7.09. The molecule has 0 amide bonds. The van der Waals surface area contributed by atoms with Gasteiger partial charge in [-0.25, -0.2) is 9.97 Å². The second kappa shape index (κ2) is 5.84. The van der Waals surface area contributed by atoms with Crippen LogP contribution in [-0.2, 0) is 5.41 Å². The van der Waals surface area contributed by atoms with Crippen LogP contribution < -0.4 is 5.32 Å². The van der Waals surface area contributed by atoms with Gasteiger partial charge in [0.25, 0.3) is 0 Å². The number of hydrogen-bond donors (Lipinski definition) is 1. The molecule has 25 heavy (non-hydrogen) atoms. The second-order valence-electron chi connectivity index (χ2n) is 6.95. The summed E-state index contributed by atoms with van der Waals surface area (Å²) in [5.74, 6) is 1.46. The number of aryl methyl sites for hydroxylation is 1. The zero-order valence-corrected chi connectivity index (χ0v) is 14.7. The molecule has 2 heterocycles. The molecule has 0 radical (unpaired) electrons. The number of benzene rings is 2. The summed E-state index contributed by atoms with van der Waals surface area (Å²) < 4.78 is 1.80. The molecule has 0 spiro atoms. The van der Waals surface area contributed by atoms with E-state index >= 15 is 0 Å². The highest BCUT2D eigenvalue weighted by Crippen LogP contribution is 2.25. The molecule has 0 saturated heterocycles. The normalized spacial score (nSPS) is 12.0. The molecule has 0 aliphatic heterocycles. The van der Waals surface area contributed by atoms with Crippen LogP contribution in [0.15, 0.2) is 54.6 Å². The van der Waals surface area contributed by atoms with E-state index in [4.69, 9.17) is 4.98 Å². The summed E-state index contributed by atoms with van der Waals surface area (Å²) in [5.41, 5.74) is 3.01. The molecule has 1 N–H and O–H groups in total. The third-order valence-corrected chi connectivity index (χ3v) is 4.53. The zero-order chi connectivity index (χ0) is 17.4. The number of rotatable bonds is 4. The predicted octanol–water partition coefficient (Wildman–Crippen LogP) is 3.98. The number of fused-ring (bicyclic) bond motifs is 3. The van der Waals surface area contributed by atoms with E-state index in [0.29, 0.717) is 0 Å². The molecule has 0 aliphatic carbocycles. The van der Waals surface area contributed by atoms with Crippen LogP contribution in [0.2, 0.25) is 0 Å². The van der Waals surface area contributed by atoms with Crippen LogP contribution in [0.5, 0.6) is 0 Å². The first-order valence-electron chi connectivity index (χ1n) is 8.46. The zero-order valence-electron chi connectivity index (χ0n) is 14.7. The summed E-state index contributed by atoms with van der Waals surface area (Å²) in [4.78, 5) is 9.34. The average Bonchev–Trinajstić information content (AvgIpc) is 3.02. The van der Waals surface area contributed by atoms with Gasteiger partial charge in [0.05, 0.1) is 5.52 Å². The Labute approximate surface area is 146 Å². The Bertz CT molecular complexity index is 1030. The monoisotopic (exact) mass is 331 g/mol. The topological polar surface area (TPSA) is 55.1 Å². The van der Waals surface area contributed by atoms with Crippen molar-refractivity contribution >= 4 is 22.5 Å². The first-order valence-corrected chi connectivity index (χ1v) is 8.46. The highest BCUT2D eigenvalue weighted by atomic mass is 15.4. The second-order valence-corrected chi connectivity index (χ2v) is 6.95. The van der Waals surface area contributed by atoms with E-state index in [-0.39, 0.29) is 5.41 Å². The van der Waals surface area contributed by atoms with Gasteiger partial charge in [-0.2, -0.15) is 4.52 Å². The van der Waals surface area contributed by atoms with E-state index in [1.54, 1.807) is 4.52 Å². The van der Waals surface area contributed by atoms with E-state index in [1.165, 1.54) is 5.56 Å². The fraction of sp³-hybridized carbons (Fsp3) is 0.250. The lowest BCUT2D eigenvalue weighted by molar-refractivity contribution is 0.554. The van der Waals surface area contributed by atoms with Crippen molar-refractivity contribution in [1.29, 1.82) is 0 Å². The summed E-state index contributed by atoms with van der Waals surface area (Å²) in [6, 6.07) is 18.5. The summed E-state index contributed by atoms with van der Waals surface area (Å²) >= 11 is 0. The number of nitrogens with one attached hydrogen (secondary N) is 1. The quantitative estimate of drug-likeness (QED) is 0.615. The highest BCUT2D eigenvalue weighted by molar-refractivity contribution is 5.92. The van der Waals surface area contributed by atoms with Crippen LogP contribution in [0.3, 0.4) is 0 Å². The Hall–Kier alpha value is -2.95. The number of hydrogen-bond acceptors (Lipinski definition) is 4. The van der Waals surface area contributed by atoms with E-state index < -0.39 is 0 Å². The minimum atomic E-state index is -0.0312. The van der Waals surface area contributed by atoms with Gasteiger partial charge in [-0.1, -0.05) is 56.3 Å². The lowest BCUT2D eigenvalue weighted by atomic mass is 9.85. The fourth-order valence-electron chi connectivity index (χ4n) is 3.06. The molecular formula is C20H21N5. The van der Waals surface area contributed by atoms with Crippen LogP contribution in [0.25, 0.3) is 16.6 Å².